The number of urea groups is 1. The molecule has 0 saturated heterocycles. The Morgan fingerprint density at radius 1 is 1.14 bits per heavy atom. The minimum Gasteiger partial charge on any atom is -0.481 e. The lowest BCUT2D eigenvalue weighted by Gasteiger charge is -2.17. The molecule has 0 aliphatic heterocycles. The van der Waals surface area contributed by atoms with Crippen molar-refractivity contribution in [2.75, 3.05) is 13.1 Å². The van der Waals surface area contributed by atoms with E-state index in [0.717, 1.165) is 32.2 Å². The summed E-state index contributed by atoms with van der Waals surface area (Å²) in [6.45, 7) is 5.67. The molecule has 0 spiro atoms. The molecule has 0 aromatic carbocycles. The van der Waals surface area contributed by atoms with E-state index in [1.165, 1.54) is 12.8 Å². The molecular weight excluding hydrogens is 268 g/mol. The first-order chi connectivity index (χ1) is 10.0. The van der Waals surface area contributed by atoms with Crippen molar-refractivity contribution in [3.63, 3.8) is 0 Å². The Balaban J connectivity index is 2.13. The second-order valence-electron chi connectivity index (χ2n) is 6.34. The molecule has 21 heavy (non-hydrogen) atoms. The van der Waals surface area contributed by atoms with Crippen molar-refractivity contribution in [3.05, 3.63) is 0 Å². The van der Waals surface area contributed by atoms with Crippen LogP contribution in [0.3, 0.4) is 0 Å². The van der Waals surface area contributed by atoms with Crippen molar-refractivity contribution in [2.24, 2.45) is 11.3 Å². The summed E-state index contributed by atoms with van der Waals surface area (Å²) in [7, 11) is 0. The summed E-state index contributed by atoms with van der Waals surface area (Å²) in [4.78, 5) is 22.3. The van der Waals surface area contributed by atoms with Gasteiger partial charge in [-0.2, -0.15) is 0 Å². The summed E-state index contributed by atoms with van der Waals surface area (Å²) < 4.78 is 0. The predicted molar refractivity (Wildman–Crippen MR) is 83.2 cm³/mol. The summed E-state index contributed by atoms with van der Waals surface area (Å²) in [6, 6.07) is -0.0943. The van der Waals surface area contributed by atoms with Crippen LogP contribution < -0.4 is 10.6 Å². The van der Waals surface area contributed by atoms with E-state index in [1.807, 2.05) is 0 Å². The largest absolute Gasteiger partial charge is 0.481 e. The third-order valence-electron chi connectivity index (χ3n) is 4.63. The van der Waals surface area contributed by atoms with Crippen molar-refractivity contribution in [1.29, 1.82) is 0 Å². The number of rotatable bonds is 11. The number of carboxylic acids is 1. The number of carbonyl (C=O) groups is 2. The Kier molecular flexibility index (Phi) is 7.54. The first kappa shape index (κ1) is 17.8. The summed E-state index contributed by atoms with van der Waals surface area (Å²) >= 11 is 0. The van der Waals surface area contributed by atoms with Gasteiger partial charge in [-0.05, 0) is 43.4 Å². The van der Waals surface area contributed by atoms with E-state index in [4.69, 9.17) is 5.11 Å². The van der Waals surface area contributed by atoms with Crippen molar-refractivity contribution in [2.45, 2.75) is 65.2 Å². The molecular formula is C16H30N2O3. The van der Waals surface area contributed by atoms with E-state index in [-0.39, 0.29) is 12.5 Å². The number of amides is 2. The topological polar surface area (TPSA) is 78.4 Å². The van der Waals surface area contributed by atoms with E-state index >= 15 is 0 Å². The average molecular weight is 298 g/mol. The summed E-state index contributed by atoms with van der Waals surface area (Å²) in [5.74, 6) is -0.354. The van der Waals surface area contributed by atoms with E-state index in [9.17, 15) is 9.59 Å². The van der Waals surface area contributed by atoms with Gasteiger partial charge in [-0.1, -0.05) is 26.7 Å². The van der Waals surface area contributed by atoms with Gasteiger partial charge >= 0.3 is 12.0 Å². The average Bonchev–Trinajstić information content (AvgIpc) is 3.23. The Morgan fingerprint density at radius 2 is 1.86 bits per heavy atom. The molecule has 0 aromatic rings. The Bertz CT molecular complexity index is 340. The van der Waals surface area contributed by atoms with Gasteiger partial charge in [0, 0.05) is 19.5 Å². The van der Waals surface area contributed by atoms with Gasteiger partial charge in [0.2, 0.25) is 0 Å². The van der Waals surface area contributed by atoms with E-state index in [1.54, 1.807) is 0 Å². The fourth-order valence-electron chi connectivity index (χ4n) is 2.72. The number of hydrogen-bond donors (Lipinski definition) is 3. The zero-order chi connectivity index (χ0) is 15.7. The molecule has 3 N–H and O–H groups in total. The van der Waals surface area contributed by atoms with Crippen LogP contribution in [-0.2, 0) is 4.79 Å². The third-order valence-corrected chi connectivity index (χ3v) is 4.63. The van der Waals surface area contributed by atoms with Crippen LogP contribution in [0.5, 0.6) is 0 Å². The smallest absolute Gasteiger partial charge is 0.314 e. The summed E-state index contributed by atoms with van der Waals surface area (Å²) in [5.41, 5.74) is 0.365. The zero-order valence-electron chi connectivity index (χ0n) is 13.4. The molecule has 1 rings (SSSR count). The Morgan fingerprint density at radius 3 is 2.38 bits per heavy atom. The monoisotopic (exact) mass is 298 g/mol. The molecule has 5 heteroatoms. The van der Waals surface area contributed by atoms with Crippen LogP contribution >= 0.6 is 0 Å². The van der Waals surface area contributed by atoms with Gasteiger partial charge in [0.05, 0.1) is 0 Å². The molecule has 1 aliphatic carbocycles. The Hall–Kier alpha value is -1.26. The normalized spacial score (nSPS) is 17.0. The lowest BCUT2D eigenvalue weighted by Crippen LogP contribution is -2.39. The molecule has 1 unspecified atom stereocenters. The summed E-state index contributed by atoms with van der Waals surface area (Å²) in [5, 5.41) is 14.6. The van der Waals surface area contributed by atoms with Gasteiger partial charge in [-0.3, -0.25) is 4.79 Å². The highest BCUT2D eigenvalue weighted by Gasteiger charge is 2.40. The molecule has 122 valence electrons. The SMILES string of the molecule is CCCC(CCNC(=O)NCC1(CC)CC1)CCC(=O)O. The molecule has 2 amide bonds. The molecule has 5 nitrogen and oxygen atoms in total. The van der Waals surface area contributed by atoms with Crippen molar-refractivity contribution < 1.29 is 14.7 Å². The van der Waals surface area contributed by atoms with Gasteiger partial charge in [-0.15, -0.1) is 0 Å². The number of hydrogen-bond acceptors (Lipinski definition) is 2. The predicted octanol–water partition coefficient (Wildman–Crippen LogP) is 3.15. The van der Waals surface area contributed by atoms with Crippen LogP contribution in [0.25, 0.3) is 0 Å². The highest BCUT2D eigenvalue weighted by molar-refractivity contribution is 5.73. The highest BCUT2D eigenvalue weighted by atomic mass is 16.4. The quantitative estimate of drug-likeness (QED) is 0.548. The second-order valence-corrected chi connectivity index (χ2v) is 6.34. The van der Waals surface area contributed by atoms with Crippen LogP contribution in [0.15, 0.2) is 0 Å². The Labute approximate surface area is 127 Å². The number of nitrogens with one attached hydrogen (secondary N) is 2. The molecule has 1 aliphatic rings. The molecule has 0 bridgehead atoms. The zero-order valence-corrected chi connectivity index (χ0v) is 13.4. The lowest BCUT2D eigenvalue weighted by molar-refractivity contribution is -0.137. The van der Waals surface area contributed by atoms with Gasteiger partial charge < -0.3 is 15.7 Å². The highest BCUT2D eigenvalue weighted by Crippen LogP contribution is 2.47. The third kappa shape index (κ3) is 7.34. The van der Waals surface area contributed by atoms with Crippen LogP contribution in [-0.4, -0.2) is 30.2 Å². The number of aliphatic carboxylic acids is 1. The molecule has 0 aromatic heterocycles. The molecule has 1 atom stereocenters. The van der Waals surface area contributed by atoms with Gasteiger partial charge in [0.25, 0.3) is 0 Å². The van der Waals surface area contributed by atoms with Crippen LogP contribution in [0.4, 0.5) is 4.79 Å². The number of carbonyl (C=O) groups excluding carboxylic acids is 1. The van der Waals surface area contributed by atoms with Gasteiger partial charge in [-0.25, -0.2) is 4.79 Å². The van der Waals surface area contributed by atoms with Crippen LogP contribution in [0.1, 0.15) is 65.2 Å². The van der Waals surface area contributed by atoms with Crippen molar-refractivity contribution in [1.82, 2.24) is 10.6 Å². The first-order valence-corrected chi connectivity index (χ1v) is 8.25. The second kappa shape index (κ2) is 8.90. The fourth-order valence-corrected chi connectivity index (χ4v) is 2.72. The van der Waals surface area contributed by atoms with E-state index in [0.29, 0.717) is 24.3 Å². The van der Waals surface area contributed by atoms with Crippen molar-refractivity contribution in [3.8, 4) is 0 Å². The van der Waals surface area contributed by atoms with Crippen LogP contribution in [0.2, 0.25) is 0 Å². The molecule has 1 fully saturated rings. The summed E-state index contributed by atoms with van der Waals surface area (Å²) in [6.07, 6.45) is 7.41. The standard InChI is InChI=1S/C16H30N2O3/c1-3-5-13(6-7-14(19)20)8-11-17-15(21)18-12-16(4-2)9-10-16/h13H,3-12H2,1-2H3,(H,19,20)(H2,17,18,21). The maximum absolute atomic E-state index is 11.7. The molecule has 0 radical (unpaired) electrons. The maximum atomic E-state index is 11.7. The number of carboxylic acid groups (broad SMARTS) is 1. The van der Waals surface area contributed by atoms with E-state index in [2.05, 4.69) is 24.5 Å². The van der Waals surface area contributed by atoms with E-state index < -0.39 is 5.97 Å². The maximum Gasteiger partial charge on any atom is 0.314 e. The minimum atomic E-state index is -0.740. The lowest BCUT2D eigenvalue weighted by atomic mass is 9.94. The fraction of sp³-hybridized carbons (Fsp3) is 0.875. The van der Waals surface area contributed by atoms with Crippen LogP contribution in [0, 0.1) is 11.3 Å². The van der Waals surface area contributed by atoms with Crippen molar-refractivity contribution >= 4 is 12.0 Å². The molecule has 0 heterocycles. The van der Waals surface area contributed by atoms with Gasteiger partial charge in [0.1, 0.15) is 0 Å². The minimum absolute atomic E-state index is 0.0943. The molecule has 1 saturated carbocycles. The van der Waals surface area contributed by atoms with Gasteiger partial charge in [0.15, 0.2) is 0 Å². The first-order valence-electron chi connectivity index (χ1n) is 8.25.